The first-order chi connectivity index (χ1) is 17.3. The van der Waals surface area contributed by atoms with Crippen LogP contribution in [0.15, 0.2) is 55.0 Å². The molecule has 0 atom stereocenters. The third-order valence-electron chi connectivity index (χ3n) is 6.33. The molecule has 0 aromatic heterocycles. The Hall–Kier alpha value is -2.86. The summed E-state index contributed by atoms with van der Waals surface area (Å²) in [5, 5.41) is 0. The van der Waals surface area contributed by atoms with Crippen LogP contribution in [0, 0.1) is 10.2 Å². The third kappa shape index (κ3) is 7.33. The van der Waals surface area contributed by atoms with Gasteiger partial charge in [0.15, 0.2) is 11.5 Å². The molecule has 194 valence electrons. The molecule has 2 fully saturated rings. The van der Waals surface area contributed by atoms with E-state index >= 15 is 0 Å². The number of amides is 1. The van der Waals surface area contributed by atoms with Crippen LogP contribution in [0.1, 0.15) is 35.2 Å². The predicted molar refractivity (Wildman–Crippen MR) is 123 cm³/mol. The van der Waals surface area contributed by atoms with Crippen molar-refractivity contribution in [3.8, 4) is 11.5 Å². The SMILES string of the molecule is O=C(c1cccc(CN2CCN(c3cccc4c3OC=CO4)CC2)c1)N1CCCCC1.[O-][Cl+3]([O-])([O-])O. The predicted octanol–water partition coefficient (Wildman–Crippen LogP) is -0.247. The second-order valence-corrected chi connectivity index (χ2v) is 9.62. The zero-order valence-corrected chi connectivity index (χ0v) is 20.6. The second kappa shape index (κ2) is 11.9. The highest BCUT2D eigenvalue weighted by Gasteiger charge is 2.23. The van der Waals surface area contributed by atoms with Gasteiger partial charge in [-0.05, 0) is 49.1 Å². The van der Waals surface area contributed by atoms with Gasteiger partial charge in [-0.25, -0.2) is 0 Å². The summed E-state index contributed by atoms with van der Waals surface area (Å²) >= 11 is 0. The lowest BCUT2D eigenvalue weighted by Crippen LogP contribution is -2.58. The summed E-state index contributed by atoms with van der Waals surface area (Å²) in [6.45, 7) is 6.42. The molecule has 0 radical (unpaired) electrons. The first-order valence-corrected chi connectivity index (χ1v) is 13.1. The summed E-state index contributed by atoms with van der Waals surface area (Å²) in [5.41, 5.74) is 3.10. The largest absolute Gasteiger partial charge is 0.458 e. The van der Waals surface area contributed by atoms with E-state index < -0.39 is 10.2 Å². The van der Waals surface area contributed by atoms with Gasteiger partial charge in [0, 0.05) is 51.4 Å². The molecule has 0 aliphatic carbocycles. The van der Waals surface area contributed by atoms with Crippen LogP contribution in [0.5, 0.6) is 11.5 Å². The molecule has 0 bridgehead atoms. The van der Waals surface area contributed by atoms with Crippen LogP contribution in [0.4, 0.5) is 5.69 Å². The van der Waals surface area contributed by atoms with Crippen LogP contribution in [0.2, 0.25) is 0 Å². The number of nitrogens with zero attached hydrogens (tertiary/aromatic N) is 3. The minimum absolute atomic E-state index is 0.177. The molecule has 3 aliphatic rings. The van der Waals surface area contributed by atoms with Gasteiger partial charge < -0.3 is 19.3 Å². The highest BCUT2D eigenvalue weighted by atomic mass is 35.7. The lowest BCUT2D eigenvalue weighted by molar-refractivity contribution is -1.92. The molecule has 2 aromatic rings. The Morgan fingerprint density at radius 2 is 1.56 bits per heavy atom. The number of carbonyl (C=O) groups is 1. The molecular formula is C25H30ClN3O7. The van der Waals surface area contributed by atoms with Crippen LogP contribution in [0.25, 0.3) is 0 Å². The number of likely N-dealkylation sites (tertiary alicyclic amines) is 1. The van der Waals surface area contributed by atoms with E-state index in [1.54, 1.807) is 12.5 Å². The van der Waals surface area contributed by atoms with Gasteiger partial charge in [-0.1, -0.05) is 18.2 Å². The minimum atomic E-state index is -4.69. The number of fused-ring (bicyclic) bond motifs is 1. The van der Waals surface area contributed by atoms with E-state index in [0.29, 0.717) is 0 Å². The van der Waals surface area contributed by atoms with Crippen molar-refractivity contribution in [2.24, 2.45) is 0 Å². The van der Waals surface area contributed by atoms with E-state index in [9.17, 15) is 4.79 Å². The lowest BCUT2D eigenvalue weighted by atomic mass is 10.1. The van der Waals surface area contributed by atoms with E-state index in [-0.39, 0.29) is 5.91 Å². The van der Waals surface area contributed by atoms with Crippen molar-refractivity contribution in [2.45, 2.75) is 25.8 Å². The maximum atomic E-state index is 12.8. The number of benzene rings is 2. The molecule has 0 saturated carbocycles. The molecule has 0 unspecified atom stereocenters. The van der Waals surface area contributed by atoms with Gasteiger partial charge in [-0.15, -0.1) is 0 Å². The summed E-state index contributed by atoms with van der Waals surface area (Å²) in [4.78, 5) is 19.7. The normalized spacial score (nSPS) is 17.9. The third-order valence-corrected chi connectivity index (χ3v) is 6.33. The molecule has 10 nitrogen and oxygen atoms in total. The van der Waals surface area contributed by atoms with Crippen LogP contribution >= 0.6 is 0 Å². The zero-order valence-electron chi connectivity index (χ0n) is 19.9. The molecule has 2 saturated heterocycles. The lowest BCUT2D eigenvalue weighted by Gasteiger charge is -2.37. The summed E-state index contributed by atoms with van der Waals surface area (Å²) in [6.07, 6.45) is 6.62. The molecule has 3 aliphatic heterocycles. The Morgan fingerprint density at radius 1 is 0.889 bits per heavy atom. The molecule has 11 heteroatoms. The highest BCUT2D eigenvalue weighted by molar-refractivity contribution is 5.94. The van der Waals surface area contributed by atoms with Gasteiger partial charge in [0.2, 0.25) is 0 Å². The topological polar surface area (TPSA) is 135 Å². The van der Waals surface area contributed by atoms with Crippen molar-refractivity contribution < 1.29 is 43.1 Å². The van der Waals surface area contributed by atoms with Crippen molar-refractivity contribution in [1.82, 2.24) is 9.80 Å². The van der Waals surface area contributed by atoms with Gasteiger partial charge in [-0.2, -0.15) is 14.0 Å². The summed E-state index contributed by atoms with van der Waals surface area (Å²) in [7, 11) is -4.69. The van der Waals surface area contributed by atoms with Gasteiger partial charge in [0.05, 0.1) is 20.6 Å². The molecule has 36 heavy (non-hydrogen) atoms. The average Bonchev–Trinajstić information content (AvgIpc) is 2.88. The van der Waals surface area contributed by atoms with Crippen molar-refractivity contribution in [1.29, 1.82) is 0 Å². The molecule has 1 amide bonds. The fraction of sp³-hybridized carbons (Fsp3) is 0.400. The second-order valence-electron chi connectivity index (χ2n) is 8.82. The number of piperazine rings is 1. The van der Waals surface area contributed by atoms with Gasteiger partial charge in [0.25, 0.3) is 5.91 Å². The van der Waals surface area contributed by atoms with E-state index in [0.717, 1.165) is 81.4 Å². The van der Waals surface area contributed by atoms with Gasteiger partial charge in [-0.3, -0.25) is 9.69 Å². The molecule has 5 rings (SSSR count). The van der Waals surface area contributed by atoms with Crippen molar-refractivity contribution in [3.05, 3.63) is 66.1 Å². The van der Waals surface area contributed by atoms with Gasteiger partial charge in [0.1, 0.15) is 12.5 Å². The van der Waals surface area contributed by atoms with Crippen molar-refractivity contribution in [2.75, 3.05) is 44.2 Å². The van der Waals surface area contributed by atoms with E-state index in [4.69, 9.17) is 28.1 Å². The molecule has 0 spiro atoms. The summed E-state index contributed by atoms with van der Waals surface area (Å²) < 4.78 is 44.0. The maximum absolute atomic E-state index is 12.8. The number of rotatable bonds is 4. The number of anilines is 1. The quantitative estimate of drug-likeness (QED) is 0.580. The van der Waals surface area contributed by atoms with Crippen LogP contribution in [-0.4, -0.2) is 59.6 Å². The van der Waals surface area contributed by atoms with Gasteiger partial charge >= 0.3 is 0 Å². The van der Waals surface area contributed by atoms with Crippen molar-refractivity contribution in [3.63, 3.8) is 0 Å². The Bertz CT molecular complexity index is 1060. The van der Waals surface area contributed by atoms with Crippen LogP contribution in [-0.2, 0) is 6.54 Å². The number of piperidine rings is 1. The first kappa shape index (κ1) is 26.2. The monoisotopic (exact) mass is 519 g/mol. The molecule has 3 heterocycles. The Labute approximate surface area is 212 Å². The standard InChI is InChI=1S/C25H29N3O3.ClHO4/c29-25(28-10-2-1-3-11-28)21-7-4-6-20(18-21)19-26-12-14-27(15-13-26)22-8-5-9-23-24(22)31-17-16-30-23;2-1(3,4)5/h4-9,16-18H,1-3,10-15,19H2;(H,2,3,4,5). The maximum Gasteiger partial charge on any atom is 0.253 e. The fourth-order valence-electron chi connectivity index (χ4n) is 4.65. The summed E-state index contributed by atoms with van der Waals surface area (Å²) in [6, 6.07) is 14.2. The molecular weight excluding hydrogens is 490 g/mol. The van der Waals surface area contributed by atoms with Crippen molar-refractivity contribution >= 4 is 11.6 Å². The number of carbonyl (C=O) groups excluding carboxylic acids is 1. The van der Waals surface area contributed by atoms with Crippen LogP contribution in [0.3, 0.4) is 0 Å². The molecule has 1 N–H and O–H groups in total. The Kier molecular flexibility index (Phi) is 8.68. The number of hydrogen-bond donors (Lipinski definition) is 1. The molecule has 2 aromatic carbocycles. The number of halogens is 1. The average molecular weight is 520 g/mol. The Balaban J connectivity index is 0.000000556. The van der Waals surface area contributed by atoms with E-state index in [2.05, 4.69) is 28.0 Å². The summed E-state index contributed by atoms with van der Waals surface area (Å²) in [5.74, 6) is 1.73. The highest BCUT2D eigenvalue weighted by Crippen LogP contribution is 2.40. The first-order valence-electron chi connectivity index (χ1n) is 11.9. The van der Waals surface area contributed by atoms with Crippen LogP contribution < -0.4 is 28.4 Å². The van der Waals surface area contributed by atoms with E-state index in [1.165, 1.54) is 12.0 Å². The smallest absolute Gasteiger partial charge is 0.253 e. The Morgan fingerprint density at radius 3 is 2.28 bits per heavy atom. The number of hydrogen-bond acceptors (Lipinski definition) is 9. The fourth-order valence-corrected chi connectivity index (χ4v) is 4.65. The van der Waals surface area contributed by atoms with E-state index in [1.807, 2.05) is 29.2 Å². The minimum Gasteiger partial charge on any atom is -0.458 e. The zero-order chi connectivity index (χ0) is 25.5. The number of ether oxygens (including phenoxy) is 2. The number of para-hydroxylation sites is 1.